The van der Waals surface area contributed by atoms with Crippen molar-refractivity contribution in [2.75, 3.05) is 13.1 Å². The molecule has 2 amide bonds. The quantitative estimate of drug-likeness (QED) is 0.739. The van der Waals surface area contributed by atoms with E-state index in [1.165, 1.54) is 4.90 Å². The standard InChI is InChI=1S/C20H28F3N3O2.ClH/c1-12-19(28)26(20(2,3)4)7-5-6-25(12)18(27)10-14(24)8-13-9-16(22)17(23)11-15(13)21;/h9,11-12,14H,5-8,10,24H2,1-4H3;1H/t12-,14-;/m1./s1. The lowest BCUT2D eigenvalue weighted by molar-refractivity contribution is -0.146. The molecule has 1 aliphatic rings. The maximum atomic E-state index is 13.8. The number of halogens is 4. The second-order valence-corrected chi connectivity index (χ2v) is 8.30. The highest BCUT2D eigenvalue weighted by molar-refractivity contribution is 5.88. The monoisotopic (exact) mass is 435 g/mol. The molecule has 0 spiro atoms. The van der Waals surface area contributed by atoms with Crippen molar-refractivity contribution in [1.82, 2.24) is 9.80 Å². The van der Waals surface area contributed by atoms with Gasteiger partial charge in [-0.25, -0.2) is 13.2 Å². The van der Waals surface area contributed by atoms with E-state index in [1.54, 1.807) is 11.8 Å². The lowest BCUT2D eigenvalue weighted by Gasteiger charge is -2.37. The highest BCUT2D eigenvalue weighted by Gasteiger charge is 2.36. The number of hydrogen-bond acceptors (Lipinski definition) is 3. The van der Waals surface area contributed by atoms with Crippen LogP contribution in [0.3, 0.4) is 0 Å². The van der Waals surface area contributed by atoms with Crippen molar-refractivity contribution in [1.29, 1.82) is 0 Å². The van der Waals surface area contributed by atoms with Crippen LogP contribution >= 0.6 is 12.4 Å². The van der Waals surface area contributed by atoms with E-state index in [4.69, 9.17) is 5.73 Å². The Balaban J connectivity index is 0.00000420. The fourth-order valence-electron chi connectivity index (χ4n) is 3.48. The molecule has 1 fully saturated rings. The minimum atomic E-state index is -1.27. The van der Waals surface area contributed by atoms with Crippen LogP contribution in [0.1, 0.15) is 46.1 Å². The third-order valence-electron chi connectivity index (χ3n) is 5.01. The Morgan fingerprint density at radius 3 is 2.34 bits per heavy atom. The Kier molecular flexibility index (Phi) is 8.53. The first-order valence-corrected chi connectivity index (χ1v) is 9.41. The van der Waals surface area contributed by atoms with Gasteiger partial charge in [0.2, 0.25) is 11.8 Å². The van der Waals surface area contributed by atoms with E-state index in [-0.39, 0.29) is 48.2 Å². The molecular weight excluding hydrogens is 407 g/mol. The molecule has 1 aromatic carbocycles. The van der Waals surface area contributed by atoms with E-state index >= 15 is 0 Å². The molecule has 2 atom stereocenters. The van der Waals surface area contributed by atoms with Crippen molar-refractivity contribution in [3.8, 4) is 0 Å². The highest BCUT2D eigenvalue weighted by Crippen LogP contribution is 2.22. The van der Waals surface area contributed by atoms with Crippen LogP contribution in [-0.4, -0.2) is 52.3 Å². The fourth-order valence-corrected chi connectivity index (χ4v) is 3.48. The van der Waals surface area contributed by atoms with Crippen LogP contribution in [0.2, 0.25) is 0 Å². The van der Waals surface area contributed by atoms with Crippen LogP contribution in [0.15, 0.2) is 12.1 Å². The topological polar surface area (TPSA) is 66.6 Å². The van der Waals surface area contributed by atoms with Gasteiger partial charge in [0.25, 0.3) is 0 Å². The molecular formula is C20H29ClF3N3O2. The average molecular weight is 436 g/mol. The van der Waals surface area contributed by atoms with Crippen molar-refractivity contribution in [3.63, 3.8) is 0 Å². The summed E-state index contributed by atoms with van der Waals surface area (Å²) in [6.07, 6.45) is 0.413. The van der Waals surface area contributed by atoms with Crippen molar-refractivity contribution in [3.05, 3.63) is 35.1 Å². The van der Waals surface area contributed by atoms with Crippen molar-refractivity contribution < 1.29 is 22.8 Å². The van der Waals surface area contributed by atoms with Gasteiger partial charge in [0.1, 0.15) is 11.9 Å². The molecule has 0 radical (unpaired) electrons. The Labute approximate surface area is 175 Å². The normalized spacial score (nSPS) is 18.9. The predicted molar refractivity (Wildman–Crippen MR) is 107 cm³/mol. The first-order chi connectivity index (χ1) is 12.9. The summed E-state index contributed by atoms with van der Waals surface area (Å²) in [5.41, 5.74) is 5.53. The number of rotatable bonds is 4. The fraction of sp³-hybridized carbons (Fsp3) is 0.600. The summed E-state index contributed by atoms with van der Waals surface area (Å²) in [7, 11) is 0. The van der Waals surface area contributed by atoms with E-state index in [0.717, 1.165) is 6.07 Å². The summed E-state index contributed by atoms with van der Waals surface area (Å²) in [6.45, 7) is 8.50. The summed E-state index contributed by atoms with van der Waals surface area (Å²) in [5, 5.41) is 0. The lowest BCUT2D eigenvalue weighted by atomic mass is 10.0. The van der Waals surface area contributed by atoms with Crippen LogP contribution in [0, 0.1) is 17.5 Å². The van der Waals surface area contributed by atoms with Gasteiger partial charge in [0.15, 0.2) is 11.6 Å². The molecule has 1 aromatic rings. The molecule has 1 aliphatic heterocycles. The molecule has 0 saturated carbocycles. The SMILES string of the molecule is C[C@@H]1C(=O)N(C(C)(C)C)CCCN1C(=O)C[C@H](N)Cc1cc(F)c(F)cc1F.Cl. The molecule has 0 aromatic heterocycles. The van der Waals surface area contributed by atoms with Crippen LogP contribution in [0.4, 0.5) is 13.2 Å². The average Bonchev–Trinajstić information content (AvgIpc) is 2.71. The minimum absolute atomic E-state index is 0. The van der Waals surface area contributed by atoms with Crippen LogP contribution in [-0.2, 0) is 16.0 Å². The second kappa shape index (κ2) is 9.80. The third kappa shape index (κ3) is 6.09. The largest absolute Gasteiger partial charge is 0.336 e. The molecule has 0 unspecified atom stereocenters. The minimum Gasteiger partial charge on any atom is -0.336 e. The molecule has 0 aliphatic carbocycles. The van der Waals surface area contributed by atoms with E-state index in [2.05, 4.69) is 0 Å². The highest BCUT2D eigenvalue weighted by atomic mass is 35.5. The molecule has 1 saturated heterocycles. The van der Waals surface area contributed by atoms with Gasteiger partial charge in [-0.3, -0.25) is 9.59 Å². The van der Waals surface area contributed by atoms with Crippen molar-refractivity contribution >= 4 is 24.2 Å². The van der Waals surface area contributed by atoms with Gasteiger partial charge >= 0.3 is 0 Å². The smallest absolute Gasteiger partial charge is 0.245 e. The number of nitrogens with two attached hydrogens (primary N) is 1. The zero-order chi connectivity index (χ0) is 21.2. The van der Waals surface area contributed by atoms with E-state index in [0.29, 0.717) is 25.6 Å². The van der Waals surface area contributed by atoms with Crippen LogP contribution < -0.4 is 5.73 Å². The molecule has 164 valence electrons. The number of nitrogens with zero attached hydrogens (tertiary/aromatic N) is 2. The van der Waals surface area contributed by atoms with Gasteiger partial charge in [-0.1, -0.05) is 0 Å². The summed E-state index contributed by atoms with van der Waals surface area (Å²) >= 11 is 0. The third-order valence-corrected chi connectivity index (χ3v) is 5.01. The molecule has 9 heteroatoms. The molecule has 2 N–H and O–H groups in total. The number of amides is 2. The molecule has 29 heavy (non-hydrogen) atoms. The van der Waals surface area contributed by atoms with E-state index in [9.17, 15) is 22.8 Å². The van der Waals surface area contributed by atoms with Gasteiger partial charge < -0.3 is 15.5 Å². The predicted octanol–water partition coefficient (Wildman–Crippen LogP) is 3.03. The first kappa shape index (κ1) is 25.2. The Bertz CT molecular complexity index is 755. The Hall–Kier alpha value is -1.80. The molecule has 1 heterocycles. The number of hydrogen-bond donors (Lipinski definition) is 1. The maximum Gasteiger partial charge on any atom is 0.245 e. The Morgan fingerprint density at radius 1 is 1.17 bits per heavy atom. The summed E-state index contributed by atoms with van der Waals surface area (Å²) in [6, 6.07) is -0.179. The van der Waals surface area contributed by atoms with Crippen LogP contribution in [0.5, 0.6) is 0 Å². The molecule has 5 nitrogen and oxygen atoms in total. The van der Waals surface area contributed by atoms with Crippen molar-refractivity contribution in [2.45, 2.75) is 64.6 Å². The summed E-state index contributed by atoms with van der Waals surface area (Å²) < 4.78 is 40.2. The van der Waals surface area contributed by atoms with Crippen LogP contribution in [0.25, 0.3) is 0 Å². The zero-order valence-corrected chi connectivity index (χ0v) is 18.0. The lowest BCUT2D eigenvalue weighted by Crippen LogP contribution is -2.52. The first-order valence-electron chi connectivity index (χ1n) is 9.41. The second-order valence-electron chi connectivity index (χ2n) is 8.30. The number of benzene rings is 1. The number of carbonyl (C=O) groups excluding carboxylic acids is 2. The van der Waals surface area contributed by atoms with Gasteiger partial charge in [0, 0.05) is 37.2 Å². The summed E-state index contributed by atoms with van der Waals surface area (Å²) in [4.78, 5) is 28.7. The van der Waals surface area contributed by atoms with Gasteiger partial charge in [-0.2, -0.15) is 0 Å². The van der Waals surface area contributed by atoms with Crippen molar-refractivity contribution in [2.24, 2.45) is 5.73 Å². The van der Waals surface area contributed by atoms with E-state index in [1.807, 2.05) is 20.8 Å². The van der Waals surface area contributed by atoms with Gasteiger partial charge in [0.05, 0.1) is 0 Å². The maximum absolute atomic E-state index is 13.8. The van der Waals surface area contributed by atoms with Gasteiger partial charge in [-0.15, -0.1) is 12.4 Å². The molecule has 2 rings (SSSR count). The van der Waals surface area contributed by atoms with E-state index < -0.39 is 29.5 Å². The summed E-state index contributed by atoms with van der Waals surface area (Å²) in [5.74, 6) is -3.78. The number of carbonyl (C=O) groups is 2. The zero-order valence-electron chi connectivity index (χ0n) is 17.2. The van der Waals surface area contributed by atoms with Gasteiger partial charge in [-0.05, 0) is 52.2 Å². The molecule has 0 bridgehead atoms. The Morgan fingerprint density at radius 2 is 1.76 bits per heavy atom.